The van der Waals surface area contributed by atoms with Gasteiger partial charge in [0.2, 0.25) is 0 Å². The normalized spacial score (nSPS) is 15.5. The van der Waals surface area contributed by atoms with Crippen molar-refractivity contribution in [2.45, 2.75) is 13.0 Å². The van der Waals surface area contributed by atoms with Gasteiger partial charge < -0.3 is 9.47 Å². The van der Waals surface area contributed by atoms with E-state index in [1.807, 2.05) is 78.2 Å². The van der Waals surface area contributed by atoms with Gasteiger partial charge in [0.1, 0.15) is 11.8 Å². The summed E-state index contributed by atoms with van der Waals surface area (Å²) in [6.45, 7) is 1.99. The molecule has 2 aromatic heterocycles. The maximum Gasteiger partial charge on any atom is 0.338 e. The minimum absolute atomic E-state index is 0.205. The molecular formula is C27H22N2O4S2. The van der Waals surface area contributed by atoms with Crippen LogP contribution in [0, 0.1) is 0 Å². The molecule has 176 valence electrons. The number of hydrogen-bond donors (Lipinski definition) is 0. The Kier molecular flexibility index (Phi) is 6.48. The van der Waals surface area contributed by atoms with Gasteiger partial charge in [-0.1, -0.05) is 59.9 Å². The van der Waals surface area contributed by atoms with Crippen molar-refractivity contribution < 1.29 is 14.3 Å². The van der Waals surface area contributed by atoms with E-state index < -0.39 is 12.0 Å². The Morgan fingerprint density at radius 3 is 2.66 bits per heavy atom. The van der Waals surface area contributed by atoms with E-state index in [0.717, 1.165) is 16.0 Å². The number of hydrogen-bond acceptors (Lipinski definition) is 7. The first kappa shape index (κ1) is 23.0. The summed E-state index contributed by atoms with van der Waals surface area (Å²) in [6.07, 6.45) is 1.83. The number of esters is 1. The molecular weight excluding hydrogens is 480 g/mol. The molecule has 0 N–H and O–H groups in total. The molecule has 2 aromatic carbocycles. The highest BCUT2D eigenvalue weighted by atomic mass is 32.1. The standard InChI is InChI=1S/C27H22N2O4S2/c1-3-33-26(31)22-23(18-10-5-4-6-11-18)28-27-29(24(22)20-13-8-14-34-20)25(30)21(35-27)16-17-9-7-12-19(15-17)32-2/h4-16,24H,3H2,1-2H3/b21-16+/t24-/m0/s1. The summed E-state index contributed by atoms with van der Waals surface area (Å²) in [6, 6.07) is 20.3. The largest absolute Gasteiger partial charge is 0.497 e. The third-order valence-electron chi connectivity index (χ3n) is 5.58. The molecule has 0 bridgehead atoms. The van der Waals surface area contributed by atoms with E-state index in [-0.39, 0.29) is 12.2 Å². The van der Waals surface area contributed by atoms with E-state index in [1.54, 1.807) is 18.6 Å². The van der Waals surface area contributed by atoms with Crippen LogP contribution in [0.1, 0.15) is 29.0 Å². The van der Waals surface area contributed by atoms with Gasteiger partial charge in [-0.25, -0.2) is 9.79 Å². The Balaban J connectivity index is 1.80. The molecule has 1 atom stereocenters. The predicted octanol–water partition coefficient (Wildman–Crippen LogP) is 4.01. The summed E-state index contributed by atoms with van der Waals surface area (Å²) in [7, 11) is 1.61. The summed E-state index contributed by atoms with van der Waals surface area (Å²) in [5.74, 6) is 0.231. The van der Waals surface area contributed by atoms with E-state index in [1.165, 1.54) is 22.7 Å². The lowest BCUT2D eigenvalue weighted by Crippen LogP contribution is -2.39. The van der Waals surface area contributed by atoms with Crippen LogP contribution in [0.5, 0.6) is 5.75 Å². The average molecular weight is 503 g/mol. The first-order chi connectivity index (χ1) is 17.1. The number of nitrogens with zero attached hydrogens (tertiary/aromatic N) is 2. The molecule has 0 radical (unpaired) electrons. The molecule has 35 heavy (non-hydrogen) atoms. The summed E-state index contributed by atoms with van der Waals surface area (Å²) in [5, 5.41) is 1.94. The lowest BCUT2D eigenvalue weighted by atomic mass is 9.97. The van der Waals surface area contributed by atoms with Gasteiger partial charge in [-0.15, -0.1) is 11.3 Å². The SMILES string of the molecule is CCOC(=O)C1=C(c2ccccc2)N=c2s/c(=C/c3cccc(OC)c3)c(=O)n2[C@H]1c1cccs1. The number of carbonyl (C=O) groups is 1. The number of carbonyl (C=O) groups excluding carboxylic acids is 1. The monoisotopic (exact) mass is 502 g/mol. The van der Waals surface area contributed by atoms with Crippen LogP contribution < -0.4 is 19.6 Å². The maximum absolute atomic E-state index is 13.7. The number of rotatable bonds is 6. The maximum atomic E-state index is 13.7. The Morgan fingerprint density at radius 1 is 1.11 bits per heavy atom. The highest BCUT2D eigenvalue weighted by Crippen LogP contribution is 2.36. The van der Waals surface area contributed by atoms with E-state index in [0.29, 0.717) is 26.4 Å². The Morgan fingerprint density at radius 2 is 1.94 bits per heavy atom. The Bertz CT molecular complexity index is 1580. The number of fused-ring (bicyclic) bond motifs is 1. The van der Waals surface area contributed by atoms with Gasteiger partial charge in [-0.05, 0) is 42.1 Å². The van der Waals surface area contributed by atoms with Crippen molar-refractivity contribution in [2.75, 3.05) is 13.7 Å². The van der Waals surface area contributed by atoms with Crippen molar-refractivity contribution in [1.82, 2.24) is 4.57 Å². The fourth-order valence-corrected chi connectivity index (χ4v) is 5.86. The first-order valence-electron chi connectivity index (χ1n) is 11.1. The van der Waals surface area contributed by atoms with Crippen molar-refractivity contribution in [1.29, 1.82) is 0 Å². The molecule has 0 amide bonds. The number of thiazole rings is 1. The van der Waals surface area contributed by atoms with Crippen LogP contribution in [-0.2, 0) is 9.53 Å². The van der Waals surface area contributed by atoms with Crippen molar-refractivity contribution >= 4 is 40.4 Å². The van der Waals surface area contributed by atoms with Gasteiger partial charge >= 0.3 is 5.97 Å². The molecule has 0 fully saturated rings. The van der Waals surface area contributed by atoms with Crippen molar-refractivity contribution in [3.63, 3.8) is 0 Å². The smallest absolute Gasteiger partial charge is 0.338 e. The number of methoxy groups -OCH3 is 1. The quantitative estimate of drug-likeness (QED) is 0.374. The zero-order valence-electron chi connectivity index (χ0n) is 19.1. The van der Waals surface area contributed by atoms with Crippen LogP contribution >= 0.6 is 22.7 Å². The van der Waals surface area contributed by atoms with Crippen LogP contribution in [-0.4, -0.2) is 24.3 Å². The molecule has 1 aliphatic heterocycles. The molecule has 0 saturated carbocycles. The molecule has 6 nitrogen and oxygen atoms in total. The van der Waals surface area contributed by atoms with Crippen LogP contribution in [0.3, 0.4) is 0 Å². The molecule has 4 aromatic rings. The predicted molar refractivity (Wildman–Crippen MR) is 138 cm³/mol. The second kappa shape index (κ2) is 9.85. The Labute approximate surface area is 209 Å². The summed E-state index contributed by atoms with van der Waals surface area (Å²) in [5.41, 5.74) is 2.32. The first-order valence-corrected chi connectivity index (χ1v) is 12.8. The second-order valence-corrected chi connectivity index (χ2v) is 9.71. The van der Waals surface area contributed by atoms with E-state index in [9.17, 15) is 9.59 Å². The van der Waals surface area contributed by atoms with Gasteiger partial charge in [-0.2, -0.15) is 0 Å². The van der Waals surface area contributed by atoms with Crippen molar-refractivity contribution in [3.8, 4) is 5.75 Å². The second-order valence-electron chi connectivity index (χ2n) is 7.72. The van der Waals surface area contributed by atoms with Crippen LogP contribution in [0.15, 0.2) is 87.5 Å². The zero-order valence-corrected chi connectivity index (χ0v) is 20.8. The van der Waals surface area contributed by atoms with Gasteiger partial charge in [-0.3, -0.25) is 9.36 Å². The topological polar surface area (TPSA) is 69.9 Å². The van der Waals surface area contributed by atoms with Crippen molar-refractivity contribution in [2.24, 2.45) is 4.99 Å². The summed E-state index contributed by atoms with van der Waals surface area (Å²) < 4.78 is 12.9. The molecule has 0 aliphatic carbocycles. The lowest BCUT2D eigenvalue weighted by molar-refractivity contribution is -0.138. The van der Waals surface area contributed by atoms with Gasteiger partial charge in [0.15, 0.2) is 4.80 Å². The van der Waals surface area contributed by atoms with Gasteiger partial charge in [0, 0.05) is 10.4 Å². The minimum atomic E-state index is -0.632. The molecule has 5 rings (SSSR count). The summed E-state index contributed by atoms with van der Waals surface area (Å²) in [4.78, 5) is 33.3. The van der Waals surface area contributed by atoms with E-state index >= 15 is 0 Å². The highest BCUT2D eigenvalue weighted by molar-refractivity contribution is 7.10. The third-order valence-corrected chi connectivity index (χ3v) is 7.49. The van der Waals surface area contributed by atoms with Crippen molar-refractivity contribution in [3.05, 3.63) is 113 Å². The van der Waals surface area contributed by atoms with Crippen LogP contribution in [0.4, 0.5) is 0 Å². The number of ether oxygens (including phenoxy) is 2. The third kappa shape index (κ3) is 4.38. The number of thiophene rings is 1. The highest BCUT2D eigenvalue weighted by Gasteiger charge is 2.35. The molecule has 1 aliphatic rings. The van der Waals surface area contributed by atoms with Crippen LogP contribution in [0.2, 0.25) is 0 Å². The summed E-state index contributed by atoms with van der Waals surface area (Å²) >= 11 is 2.79. The molecule has 0 spiro atoms. The van der Waals surface area contributed by atoms with Gasteiger partial charge in [0.05, 0.1) is 29.5 Å². The van der Waals surface area contributed by atoms with E-state index in [2.05, 4.69) is 0 Å². The molecule has 0 saturated heterocycles. The molecule has 3 heterocycles. The van der Waals surface area contributed by atoms with Crippen LogP contribution in [0.25, 0.3) is 11.8 Å². The minimum Gasteiger partial charge on any atom is -0.497 e. The number of aromatic nitrogens is 1. The lowest BCUT2D eigenvalue weighted by Gasteiger charge is -2.24. The van der Waals surface area contributed by atoms with E-state index in [4.69, 9.17) is 14.5 Å². The molecule has 0 unspecified atom stereocenters. The Hall–Kier alpha value is -3.75. The fraction of sp³-hybridized carbons (Fsp3) is 0.148. The fourth-order valence-electron chi connectivity index (χ4n) is 4.04. The molecule has 8 heteroatoms. The average Bonchev–Trinajstić information content (AvgIpc) is 3.52. The van der Waals surface area contributed by atoms with Gasteiger partial charge in [0.25, 0.3) is 5.56 Å². The number of benzene rings is 2. The zero-order chi connectivity index (χ0) is 24.4.